The number of fused-ring (bicyclic) bond motifs is 3. The second kappa shape index (κ2) is 9.68. The quantitative estimate of drug-likeness (QED) is 0.675. The van der Waals surface area contributed by atoms with Crippen LogP contribution in [0.1, 0.15) is 23.5 Å². The van der Waals surface area contributed by atoms with Crippen molar-refractivity contribution in [3.05, 3.63) is 59.7 Å². The van der Waals surface area contributed by atoms with Gasteiger partial charge in [-0.1, -0.05) is 48.5 Å². The summed E-state index contributed by atoms with van der Waals surface area (Å²) < 4.78 is 11.2. The van der Waals surface area contributed by atoms with Crippen LogP contribution in [0.3, 0.4) is 0 Å². The molecule has 1 aliphatic carbocycles. The van der Waals surface area contributed by atoms with Gasteiger partial charge in [0.1, 0.15) is 11.9 Å². The molecular formula is C25H26N2O6S. The van der Waals surface area contributed by atoms with E-state index in [-0.39, 0.29) is 25.0 Å². The molecule has 2 amide bonds. The largest absolute Gasteiger partial charge is 0.480 e. The highest BCUT2D eigenvalue weighted by Gasteiger charge is 2.40. The Balaban J connectivity index is 1.20. The summed E-state index contributed by atoms with van der Waals surface area (Å²) in [7, 11) is 0. The fourth-order valence-electron chi connectivity index (χ4n) is 4.95. The van der Waals surface area contributed by atoms with Gasteiger partial charge in [0.2, 0.25) is 0 Å². The van der Waals surface area contributed by atoms with Crippen molar-refractivity contribution in [2.24, 2.45) is 0 Å². The Labute approximate surface area is 201 Å². The number of aliphatic carboxylic acids is 1. The molecule has 5 rings (SSSR count). The number of carboxylic acids is 1. The second-order valence-corrected chi connectivity index (χ2v) is 9.95. The Hall–Kier alpha value is -3.04. The van der Waals surface area contributed by atoms with Crippen molar-refractivity contribution in [3.63, 3.8) is 0 Å². The van der Waals surface area contributed by atoms with Crippen LogP contribution in [0.2, 0.25) is 0 Å². The van der Waals surface area contributed by atoms with Crippen molar-refractivity contribution >= 4 is 29.7 Å². The first-order chi connectivity index (χ1) is 16.5. The number of ether oxygens (including phenoxy) is 2. The summed E-state index contributed by atoms with van der Waals surface area (Å²) in [6.07, 6.45) is -0.934. The van der Waals surface area contributed by atoms with Crippen molar-refractivity contribution in [1.29, 1.82) is 0 Å². The fraction of sp³-hybridized carbons (Fsp3) is 0.400. The summed E-state index contributed by atoms with van der Waals surface area (Å²) in [5.41, 5.74) is 4.57. The summed E-state index contributed by atoms with van der Waals surface area (Å²) in [6.45, 7) is 1.13. The van der Waals surface area contributed by atoms with Gasteiger partial charge in [0.05, 0.1) is 6.04 Å². The van der Waals surface area contributed by atoms with Gasteiger partial charge < -0.3 is 24.8 Å². The summed E-state index contributed by atoms with van der Waals surface area (Å²) >= 11 is 1.33. The minimum atomic E-state index is -0.928. The van der Waals surface area contributed by atoms with E-state index in [2.05, 4.69) is 29.6 Å². The molecule has 34 heavy (non-hydrogen) atoms. The van der Waals surface area contributed by atoms with Crippen LogP contribution in [0.4, 0.5) is 4.79 Å². The number of rotatable bonds is 5. The second-order valence-electron chi connectivity index (χ2n) is 8.64. The predicted octanol–water partition coefficient (Wildman–Crippen LogP) is 2.71. The fourth-order valence-corrected chi connectivity index (χ4v) is 5.99. The van der Waals surface area contributed by atoms with E-state index in [0.717, 1.165) is 22.3 Å². The maximum absolute atomic E-state index is 13.0. The predicted molar refractivity (Wildman–Crippen MR) is 127 cm³/mol. The normalized spacial score (nSPS) is 23.8. The number of carboxylic acid groups (broad SMARTS) is 1. The Morgan fingerprint density at radius 2 is 1.76 bits per heavy atom. The van der Waals surface area contributed by atoms with Crippen LogP contribution in [-0.4, -0.2) is 77.4 Å². The molecule has 0 radical (unpaired) electrons. The Morgan fingerprint density at radius 1 is 1.09 bits per heavy atom. The van der Waals surface area contributed by atoms with Crippen LogP contribution >= 0.6 is 11.8 Å². The van der Waals surface area contributed by atoms with E-state index in [9.17, 15) is 19.5 Å². The van der Waals surface area contributed by atoms with E-state index in [1.54, 1.807) is 0 Å². The summed E-state index contributed by atoms with van der Waals surface area (Å²) in [4.78, 5) is 38.5. The van der Waals surface area contributed by atoms with Crippen molar-refractivity contribution in [3.8, 4) is 11.1 Å². The molecule has 0 spiro atoms. The molecule has 2 saturated heterocycles. The monoisotopic (exact) mass is 482 g/mol. The van der Waals surface area contributed by atoms with Crippen molar-refractivity contribution in [1.82, 2.24) is 10.2 Å². The highest BCUT2D eigenvalue weighted by molar-refractivity contribution is 8.00. The molecule has 0 aromatic heterocycles. The van der Waals surface area contributed by atoms with Crippen molar-refractivity contribution < 1.29 is 29.0 Å². The molecule has 2 aliphatic heterocycles. The molecule has 3 atom stereocenters. The van der Waals surface area contributed by atoms with Crippen LogP contribution in [0.5, 0.6) is 0 Å². The lowest BCUT2D eigenvalue weighted by molar-refractivity contribution is -0.143. The van der Waals surface area contributed by atoms with Crippen LogP contribution in [0.15, 0.2) is 48.5 Å². The van der Waals surface area contributed by atoms with Crippen LogP contribution in [0.25, 0.3) is 11.1 Å². The Kier molecular flexibility index (Phi) is 6.47. The minimum Gasteiger partial charge on any atom is -0.480 e. The van der Waals surface area contributed by atoms with E-state index >= 15 is 0 Å². The van der Waals surface area contributed by atoms with Gasteiger partial charge in [-0.15, -0.1) is 11.8 Å². The molecule has 178 valence electrons. The van der Waals surface area contributed by atoms with E-state index in [1.807, 2.05) is 24.3 Å². The van der Waals surface area contributed by atoms with Crippen molar-refractivity contribution in [2.45, 2.75) is 29.7 Å². The molecule has 2 aromatic carbocycles. The maximum atomic E-state index is 13.0. The standard InChI is InChI=1S/C25H26N2O6S/c28-23(27-10-12-34-21(13-27)24(29)30)22-20(9-11-32-22)26-25(31)33-14-19-17-7-3-1-5-15(17)16-6-2-4-8-18(16)19/h1-8,19-22H,9-14H2,(H,26,31)(H,29,30). The highest BCUT2D eigenvalue weighted by Crippen LogP contribution is 2.44. The maximum Gasteiger partial charge on any atom is 0.407 e. The summed E-state index contributed by atoms with van der Waals surface area (Å²) in [6, 6.07) is 15.7. The average molecular weight is 483 g/mol. The SMILES string of the molecule is O=C(NC1CCOC1C(=O)N1CCSC(C(=O)O)C1)OCC1c2ccccc2-c2ccccc21. The summed E-state index contributed by atoms with van der Waals surface area (Å²) in [5, 5.41) is 11.4. The zero-order valence-electron chi connectivity index (χ0n) is 18.5. The Morgan fingerprint density at radius 3 is 2.44 bits per heavy atom. The van der Waals surface area contributed by atoms with E-state index in [1.165, 1.54) is 16.7 Å². The molecule has 0 bridgehead atoms. The van der Waals surface area contributed by atoms with E-state index in [0.29, 0.717) is 25.3 Å². The molecule has 3 aliphatic rings. The average Bonchev–Trinajstić information content (AvgIpc) is 3.44. The number of nitrogens with one attached hydrogen (secondary N) is 1. The zero-order chi connectivity index (χ0) is 23.7. The number of nitrogens with zero attached hydrogens (tertiary/aromatic N) is 1. The number of hydrogen-bond donors (Lipinski definition) is 2. The van der Waals surface area contributed by atoms with Crippen molar-refractivity contribution in [2.75, 3.05) is 32.1 Å². The minimum absolute atomic E-state index is 0.0470. The number of amides is 2. The van der Waals surface area contributed by atoms with Crippen LogP contribution in [-0.2, 0) is 19.1 Å². The topological polar surface area (TPSA) is 105 Å². The number of thioether (sulfide) groups is 1. The summed E-state index contributed by atoms with van der Waals surface area (Å²) in [5.74, 6) is -0.703. The number of hydrogen-bond acceptors (Lipinski definition) is 6. The lowest BCUT2D eigenvalue weighted by atomic mass is 9.98. The van der Waals surface area contributed by atoms with Gasteiger partial charge in [-0.05, 0) is 28.7 Å². The lowest BCUT2D eigenvalue weighted by Crippen LogP contribution is -2.53. The number of alkyl carbamates (subject to hydrolysis) is 1. The number of carbonyl (C=O) groups is 3. The molecule has 3 unspecified atom stereocenters. The van der Waals surface area contributed by atoms with Gasteiger partial charge in [-0.2, -0.15) is 0 Å². The van der Waals surface area contributed by atoms with Gasteiger partial charge in [0.15, 0.2) is 6.10 Å². The van der Waals surface area contributed by atoms with Gasteiger partial charge >= 0.3 is 12.1 Å². The first-order valence-electron chi connectivity index (χ1n) is 11.4. The van der Waals surface area contributed by atoms with E-state index in [4.69, 9.17) is 9.47 Å². The molecule has 2 N–H and O–H groups in total. The third kappa shape index (κ3) is 4.37. The Bertz CT molecular complexity index is 1060. The van der Waals surface area contributed by atoms with Gasteiger partial charge in [0.25, 0.3) is 5.91 Å². The van der Waals surface area contributed by atoms with E-state index < -0.39 is 29.5 Å². The zero-order valence-corrected chi connectivity index (χ0v) is 19.3. The first kappa shape index (κ1) is 22.7. The third-order valence-corrected chi connectivity index (χ3v) is 7.81. The molecule has 2 aromatic rings. The van der Waals surface area contributed by atoms with Crippen LogP contribution in [0, 0.1) is 0 Å². The third-order valence-electron chi connectivity index (χ3n) is 6.64. The van der Waals surface area contributed by atoms with Crippen LogP contribution < -0.4 is 5.32 Å². The molecule has 9 heteroatoms. The van der Waals surface area contributed by atoms with Gasteiger partial charge in [-0.3, -0.25) is 9.59 Å². The number of carbonyl (C=O) groups excluding carboxylic acids is 2. The van der Waals surface area contributed by atoms with Gasteiger partial charge in [0, 0.05) is 31.4 Å². The van der Waals surface area contributed by atoms with Gasteiger partial charge in [-0.25, -0.2) is 4.79 Å². The number of benzene rings is 2. The molecular weight excluding hydrogens is 456 g/mol. The molecule has 2 heterocycles. The smallest absolute Gasteiger partial charge is 0.407 e. The molecule has 8 nitrogen and oxygen atoms in total. The highest BCUT2D eigenvalue weighted by atomic mass is 32.2. The first-order valence-corrected chi connectivity index (χ1v) is 12.4. The molecule has 0 saturated carbocycles. The lowest BCUT2D eigenvalue weighted by Gasteiger charge is -2.33. The molecule has 2 fully saturated rings.